The summed E-state index contributed by atoms with van der Waals surface area (Å²) in [5.74, 6) is 0.659. The normalized spacial score (nSPS) is 15.1. The topological polar surface area (TPSA) is 58.6 Å². The number of carbonyl (C=O) groups excluding carboxylic acids is 2. The van der Waals surface area contributed by atoms with Crippen LogP contribution in [0.5, 0.6) is 5.75 Å². The van der Waals surface area contributed by atoms with E-state index in [4.69, 9.17) is 16.3 Å². The third-order valence-corrected chi connectivity index (χ3v) is 5.57. The van der Waals surface area contributed by atoms with Crippen molar-refractivity contribution in [1.82, 2.24) is 10.2 Å². The minimum absolute atomic E-state index is 0.0527. The van der Waals surface area contributed by atoms with E-state index in [-0.39, 0.29) is 30.6 Å². The molecule has 0 radical (unpaired) electrons. The van der Waals surface area contributed by atoms with Gasteiger partial charge in [0.15, 0.2) is 5.78 Å². The van der Waals surface area contributed by atoms with Crippen molar-refractivity contribution in [2.45, 2.75) is 31.7 Å². The van der Waals surface area contributed by atoms with E-state index >= 15 is 0 Å². The van der Waals surface area contributed by atoms with Crippen molar-refractivity contribution in [3.8, 4) is 5.75 Å². The quantitative estimate of drug-likeness (QED) is 0.622. The molecule has 1 saturated heterocycles. The van der Waals surface area contributed by atoms with Gasteiger partial charge in [0.1, 0.15) is 5.75 Å². The monoisotopic (exact) mass is 414 g/mol. The zero-order valence-corrected chi connectivity index (χ0v) is 17.5. The van der Waals surface area contributed by atoms with Gasteiger partial charge < -0.3 is 10.1 Å². The SMILES string of the molecule is COc1ccc(C(CNC(=O)CCC(=O)c2ccc(Cl)cc2)N2CCCC2)cc1. The third kappa shape index (κ3) is 6.05. The lowest BCUT2D eigenvalue weighted by atomic mass is 10.0. The van der Waals surface area contributed by atoms with Gasteiger partial charge in [-0.25, -0.2) is 0 Å². The van der Waals surface area contributed by atoms with Crippen LogP contribution in [0.2, 0.25) is 5.02 Å². The van der Waals surface area contributed by atoms with Gasteiger partial charge in [-0.3, -0.25) is 14.5 Å². The highest BCUT2D eigenvalue weighted by Crippen LogP contribution is 2.26. The first-order chi connectivity index (χ1) is 14.1. The molecule has 5 nitrogen and oxygen atoms in total. The van der Waals surface area contributed by atoms with Crippen LogP contribution in [-0.2, 0) is 4.79 Å². The number of ether oxygens (including phenoxy) is 1. The average Bonchev–Trinajstić information content (AvgIpc) is 3.27. The number of benzene rings is 2. The number of halogens is 1. The van der Waals surface area contributed by atoms with Crippen molar-refractivity contribution < 1.29 is 14.3 Å². The largest absolute Gasteiger partial charge is 0.497 e. The smallest absolute Gasteiger partial charge is 0.220 e. The number of amides is 1. The number of carbonyl (C=O) groups is 2. The van der Waals surface area contributed by atoms with Gasteiger partial charge in [-0.2, -0.15) is 0 Å². The van der Waals surface area contributed by atoms with Gasteiger partial charge in [0.05, 0.1) is 13.2 Å². The Kier molecular flexibility index (Phi) is 7.67. The Bertz CT molecular complexity index is 815. The van der Waals surface area contributed by atoms with Crippen molar-refractivity contribution in [2.75, 3.05) is 26.7 Å². The molecular weight excluding hydrogens is 388 g/mol. The van der Waals surface area contributed by atoms with Crippen molar-refractivity contribution in [2.24, 2.45) is 0 Å². The molecule has 1 aliphatic rings. The number of nitrogens with one attached hydrogen (secondary N) is 1. The lowest BCUT2D eigenvalue weighted by Crippen LogP contribution is -2.36. The van der Waals surface area contributed by atoms with Crippen LogP contribution < -0.4 is 10.1 Å². The number of rotatable bonds is 9. The summed E-state index contributed by atoms with van der Waals surface area (Å²) in [6, 6.07) is 14.9. The maximum absolute atomic E-state index is 12.4. The van der Waals surface area contributed by atoms with E-state index in [9.17, 15) is 9.59 Å². The fourth-order valence-electron chi connectivity index (χ4n) is 3.64. The summed E-state index contributed by atoms with van der Waals surface area (Å²) in [5.41, 5.74) is 1.74. The fraction of sp³-hybridized carbons (Fsp3) is 0.391. The van der Waals surface area contributed by atoms with Gasteiger partial charge in [-0.05, 0) is 67.9 Å². The number of hydrogen-bond acceptors (Lipinski definition) is 4. The summed E-state index contributed by atoms with van der Waals surface area (Å²) in [5, 5.41) is 3.61. The average molecular weight is 415 g/mol. The molecule has 0 spiro atoms. The number of hydrogen-bond donors (Lipinski definition) is 1. The minimum Gasteiger partial charge on any atom is -0.497 e. The summed E-state index contributed by atoms with van der Waals surface area (Å²) in [7, 11) is 1.65. The summed E-state index contributed by atoms with van der Waals surface area (Å²) in [6.07, 6.45) is 2.72. The van der Waals surface area contributed by atoms with Crippen molar-refractivity contribution in [3.63, 3.8) is 0 Å². The van der Waals surface area contributed by atoms with Crippen LogP contribution in [0.15, 0.2) is 48.5 Å². The first kappa shape index (κ1) is 21.3. The Labute approximate surface area is 177 Å². The standard InChI is InChI=1S/C23H27ClN2O3/c1-29-20-10-6-17(7-11-20)21(26-14-2-3-15-26)16-25-23(28)13-12-22(27)18-4-8-19(24)9-5-18/h4-11,21H,2-3,12-16H2,1H3,(H,25,28). The van der Waals surface area contributed by atoms with Gasteiger partial charge in [0, 0.05) is 30.0 Å². The van der Waals surface area contributed by atoms with E-state index < -0.39 is 0 Å². The molecule has 0 saturated carbocycles. The van der Waals surface area contributed by atoms with E-state index in [1.807, 2.05) is 12.1 Å². The Hall–Kier alpha value is -2.37. The third-order valence-electron chi connectivity index (χ3n) is 5.32. The zero-order chi connectivity index (χ0) is 20.6. The highest BCUT2D eigenvalue weighted by molar-refractivity contribution is 6.30. The molecule has 0 aliphatic carbocycles. The maximum Gasteiger partial charge on any atom is 0.220 e. The van der Waals surface area contributed by atoms with Crippen molar-refractivity contribution >= 4 is 23.3 Å². The Morgan fingerprint density at radius 1 is 1.03 bits per heavy atom. The molecule has 154 valence electrons. The molecule has 1 atom stereocenters. The van der Waals surface area contributed by atoms with Gasteiger partial charge in [0.25, 0.3) is 0 Å². The number of ketones is 1. The van der Waals surface area contributed by atoms with Gasteiger partial charge in [0.2, 0.25) is 5.91 Å². The van der Waals surface area contributed by atoms with Crippen LogP contribution in [-0.4, -0.2) is 43.3 Å². The molecule has 1 N–H and O–H groups in total. The van der Waals surface area contributed by atoms with Crippen LogP contribution in [0, 0.1) is 0 Å². The second kappa shape index (κ2) is 10.4. The Balaban J connectivity index is 1.54. The Morgan fingerprint density at radius 3 is 2.31 bits per heavy atom. The predicted octanol–water partition coefficient (Wildman–Crippen LogP) is 4.26. The lowest BCUT2D eigenvalue weighted by molar-refractivity contribution is -0.121. The Morgan fingerprint density at radius 2 is 1.69 bits per heavy atom. The van der Waals surface area contributed by atoms with Gasteiger partial charge >= 0.3 is 0 Å². The van der Waals surface area contributed by atoms with E-state index in [0.29, 0.717) is 17.1 Å². The molecule has 29 heavy (non-hydrogen) atoms. The molecule has 1 aliphatic heterocycles. The molecule has 1 fully saturated rings. The van der Waals surface area contributed by atoms with Crippen molar-refractivity contribution in [1.29, 1.82) is 0 Å². The lowest BCUT2D eigenvalue weighted by Gasteiger charge is -2.28. The number of Topliss-reactive ketones (excluding diaryl/α,β-unsaturated/α-hetero) is 1. The number of likely N-dealkylation sites (tertiary alicyclic amines) is 1. The summed E-state index contributed by atoms with van der Waals surface area (Å²) in [6.45, 7) is 2.59. The van der Waals surface area contributed by atoms with Gasteiger partial charge in [-0.15, -0.1) is 0 Å². The molecule has 1 amide bonds. The molecule has 1 unspecified atom stereocenters. The van der Waals surface area contributed by atoms with Gasteiger partial charge in [-0.1, -0.05) is 23.7 Å². The van der Waals surface area contributed by atoms with Crippen molar-refractivity contribution in [3.05, 3.63) is 64.7 Å². The van der Waals surface area contributed by atoms with E-state index in [2.05, 4.69) is 22.3 Å². The number of nitrogens with zero attached hydrogens (tertiary/aromatic N) is 1. The number of methoxy groups -OCH3 is 1. The molecule has 3 rings (SSSR count). The van der Waals surface area contributed by atoms with E-state index in [1.165, 1.54) is 12.8 Å². The first-order valence-corrected chi connectivity index (χ1v) is 10.4. The molecule has 1 heterocycles. The van der Waals surface area contributed by atoms with Crippen LogP contribution in [0.1, 0.15) is 47.6 Å². The van der Waals surface area contributed by atoms with E-state index in [0.717, 1.165) is 24.4 Å². The zero-order valence-electron chi connectivity index (χ0n) is 16.7. The minimum atomic E-state index is -0.106. The highest BCUT2D eigenvalue weighted by Gasteiger charge is 2.24. The van der Waals surface area contributed by atoms with Crippen LogP contribution in [0.25, 0.3) is 0 Å². The molecule has 0 bridgehead atoms. The fourth-order valence-corrected chi connectivity index (χ4v) is 3.77. The van der Waals surface area contributed by atoms with Crippen LogP contribution >= 0.6 is 11.6 Å². The van der Waals surface area contributed by atoms with Crippen LogP contribution in [0.4, 0.5) is 0 Å². The van der Waals surface area contributed by atoms with E-state index in [1.54, 1.807) is 31.4 Å². The molecule has 2 aromatic carbocycles. The summed E-state index contributed by atoms with van der Waals surface area (Å²) < 4.78 is 5.25. The molecule has 0 aromatic heterocycles. The predicted molar refractivity (Wildman–Crippen MR) is 115 cm³/mol. The van der Waals surface area contributed by atoms with Crippen LogP contribution in [0.3, 0.4) is 0 Å². The highest BCUT2D eigenvalue weighted by atomic mass is 35.5. The second-order valence-corrected chi connectivity index (χ2v) is 7.70. The first-order valence-electron chi connectivity index (χ1n) is 10.0. The summed E-state index contributed by atoms with van der Waals surface area (Å²) >= 11 is 5.85. The maximum atomic E-state index is 12.4. The molecular formula is C23H27ClN2O3. The second-order valence-electron chi connectivity index (χ2n) is 7.27. The summed E-state index contributed by atoms with van der Waals surface area (Å²) in [4.78, 5) is 27.0. The molecule has 6 heteroatoms. The molecule has 2 aromatic rings.